The maximum Gasteiger partial charge on any atom is 0.0436 e. The van der Waals surface area contributed by atoms with Gasteiger partial charge < -0.3 is 5.11 Å². The predicted octanol–water partition coefficient (Wildman–Crippen LogP) is 6.23. The predicted molar refractivity (Wildman–Crippen MR) is 115 cm³/mol. The molecule has 142 valence electrons. The van der Waals surface area contributed by atoms with Crippen LogP contribution >= 0.6 is 24.8 Å². The van der Waals surface area contributed by atoms with Crippen LogP contribution in [0.5, 0.6) is 0 Å². The van der Waals surface area contributed by atoms with Crippen molar-refractivity contribution in [3.63, 3.8) is 0 Å². The number of fused-ring (bicyclic) bond motifs is 2. The summed E-state index contributed by atoms with van der Waals surface area (Å²) >= 11 is 0. The van der Waals surface area contributed by atoms with Crippen molar-refractivity contribution in [3.05, 3.63) is 82.9 Å². The van der Waals surface area contributed by atoms with Crippen molar-refractivity contribution in [2.75, 3.05) is 6.61 Å². The van der Waals surface area contributed by atoms with Crippen LogP contribution < -0.4 is 0 Å². The molecule has 0 aromatic heterocycles. The summed E-state index contributed by atoms with van der Waals surface area (Å²) in [7, 11) is 0. The zero-order valence-electron chi connectivity index (χ0n) is 15.5. The Morgan fingerprint density at radius 3 is 1.67 bits per heavy atom. The van der Waals surface area contributed by atoms with Crippen LogP contribution in [0.15, 0.2) is 60.7 Å². The fourth-order valence-electron chi connectivity index (χ4n) is 4.83. The molecule has 0 fully saturated rings. The SMILES string of the molecule is CCC(CCO)(C1C=Cc2ccccc21)C1C=Cc2ccccc21.Cl.Cl.[Zr]. The summed E-state index contributed by atoms with van der Waals surface area (Å²) in [6.07, 6.45) is 11.1. The average molecular weight is 481 g/mol. The van der Waals surface area contributed by atoms with Gasteiger partial charge >= 0.3 is 0 Å². The minimum absolute atomic E-state index is 0. The summed E-state index contributed by atoms with van der Waals surface area (Å²) in [5.41, 5.74) is 5.49. The van der Waals surface area contributed by atoms with Gasteiger partial charge in [0.05, 0.1) is 0 Å². The molecule has 4 rings (SSSR count). The topological polar surface area (TPSA) is 20.2 Å². The fourth-order valence-corrected chi connectivity index (χ4v) is 4.83. The van der Waals surface area contributed by atoms with Crippen LogP contribution in [0, 0.1) is 5.41 Å². The van der Waals surface area contributed by atoms with E-state index in [1.165, 1.54) is 22.3 Å². The zero-order chi connectivity index (χ0) is 16.6. The van der Waals surface area contributed by atoms with E-state index in [-0.39, 0.29) is 63.0 Å². The van der Waals surface area contributed by atoms with E-state index in [2.05, 4.69) is 79.8 Å². The zero-order valence-corrected chi connectivity index (χ0v) is 19.6. The number of hydrogen-bond donors (Lipinski definition) is 1. The molecule has 0 radical (unpaired) electrons. The second-order valence-corrected chi connectivity index (χ2v) is 6.99. The number of rotatable bonds is 5. The number of allylic oxidation sites excluding steroid dienone is 2. The molecule has 0 amide bonds. The van der Waals surface area contributed by atoms with Crippen molar-refractivity contribution < 1.29 is 31.3 Å². The van der Waals surface area contributed by atoms with Crippen molar-refractivity contribution in [1.29, 1.82) is 0 Å². The van der Waals surface area contributed by atoms with Crippen molar-refractivity contribution in [2.45, 2.75) is 31.6 Å². The van der Waals surface area contributed by atoms with Crippen LogP contribution in [0.2, 0.25) is 0 Å². The molecule has 1 nitrogen and oxygen atoms in total. The van der Waals surface area contributed by atoms with E-state index in [1.807, 2.05) is 0 Å². The first-order chi connectivity index (χ1) is 11.8. The van der Waals surface area contributed by atoms with Gasteiger partial charge in [-0.1, -0.05) is 79.8 Å². The molecule has 0 bridgehead atoms. The molecule has 2 aliphatic carbocycles. The van der Waals surface area contributed by atoms with Crippen molar-refractivity contribution in [1.82, 2.24) is 0 Å². The number of aliphatic hydroxyl groups excluding tert-OH is 1. The number of benzene rings is 2. The van der Waals surface area contributed by atoms with Gasteiger partial charge in [0, 0.05) is 44.6 Å². The van der Waals surface area contributed by atoms with Crippen molar-refractivity contribution in [3.8, 4) is 0 Å². The third-order valence-electron chi connectivity index (χ3n) is 6.07. The second kappa shape index (κ2) is 10.2. The molecule has 2 aromatic rings. The average Bonchev–Trinajstić information content (AvgIpc) is 3.25. The summed E-state index contributed by atoms with van der Waals surface area (Å²) in [6.45, 7) is 2.51. The van der Waals surface area contributed by atoms with E-state index in [0.29, 0.717) is 11.8 Å². The van der Waals surface area contributed by atoms with Crippen LogP contribution in [0.1, 0.15) is 53.9 Å². The normalized spacial score (nSPS) is 20.5. The van der Waals surface area contributed by atoms with Crippen LogP contribution in [-0.2, 0) is 26.2 Å². The Labute approximate surface area is 193 Å². The van der Waals surface area contributed by atoms with E-state index in [1.54, 1.807) is 0 Å². The smallest absolute Gasteiger partial charge is 0.0436 e. The van der Waals surface area contributed by atoms with Gasteiger partial charge in [-0.15, -0.1) is 24.8 Å². The molecule has 4 heteroatoms. The molecule has 0 spiro atoms. The van der Waals surface area contributed by atoms with Gasteiger partial charge in [0.1, 0.15) is 0 Å². The van der Waals surface area contributed by atoms with E-state index >= 15 is 0 Å². The molecular formula is C23H26Cl2OZr. The van der Waals surface area contributed by atoms with Gasteiger partial charge in [-0.05, 0) is 40.5 Å². The van der Waals surface area contributed by atoms with Gasteiger partial charge in [-0.3, -0.25) is 0 Å². The molecule has 0 saturated heterocycles. The number of halogens is 2. The van der Waals surface area contributed by atoms with Crippen LogP contribution in [-0.4, -0.2) is 11.7 Å². The Hall–Kier alpha value is -0.657. The van der Waals surface area contributed by atoms with Crippen molar-refractivity contribution in [2.24, 2.45) is 5.41 Å². The quantitative estimate of drug-likeness (QED) is 0.538. The first-order valence-corrected chi connectivity index (χ1v) is 8.95. The molecule has 2 unspecified atom stereocenters. The molecule has 0 heterocycles. The first-order valence-electron chi connectivity index (χ1n) is 8.95. The molecular weight excluding hydrogens is 454 g/mol. The molecule has 1 N–H and O–H groups in total. The Balaban J connectivity index is 0.00000121. The summed E-state index contributed by atoms with van der Waals surface area (Å²) < 4.78 is 0. The Morgan fingerprint density at radius 1 is 0.815 bits per heavy atom. The third kappa shape index (κ3) is 4.06. The summed E-state index contributed by atoms with van der Waals surface area (Å²) in [5.74, 6) is 0.707. The Kier molecular flexibility index (Phi) is 9.22. The maximum absolute atomic E-state index is 9.90. The summed E-state index contributed by atoms with van der Waals surface area (Å²) in [6, 6.07) is 17.4. The third-order valence-corrected chi connectivity index (χ3v) is 6.07. The molecule has 2 aromatic carbocycles. The van der Waals surface area contributed by atoms with Gasteiger partial charge in [0.15, 0.2) is 0 Å². The Morgan fingerprint density at radius 2 is 1.26 bits per heavy atom. The molecule has 2 aliphatic rings. The number of hydrogen-bond acceptors (Lipinski definition) is 1. The standard InChI is InChI=1S/C23H24O.2ClH.Zr/c1-2-23(15-16-24,21-13-11-17-7-3-5-9-19(17)21)22-14-12-18-8-4-6-10-20(18)22;;;/h3-14,21-22,24H,2,15-16H2,1H3;2*1H;. The van der Waals surface area contributed by atoms with Crippen LogP contribution in [0.4, 0.5) is 0 Å². The Bertz CT molecular complexity index is 754. The summed E-state index contributed by atoms with van der Waals surface area (Å²) in [5, 5.41) is 9.90. The maximum atomic E-state index is 9.90. The molecule has 0 aliphatic heterocycles. The molecule has 27 heavy (non-hydrogen) atoms. The largest absolute Gasteiger partial charge is 0.396 e. The minimum atomic E-state index is 0. The van der Waals surface area contributed by atoms with Gasteiger partial charge in [0.25, 0.3) is 0 Å². The van der Waals surface area contributed by atoms with Crippen molar-refractivity contribution >= 4 is 37.0 Å². The van der Waals surface area contributed by atoms with Crippen LogP contribution in [0.3, 0.4) is 0 Å². The van der Waals surface area contributed by atoms with Gasteiger partial charge in [-0.25, -0.2) is 0 Å². The number of aliphatic hydroxyl groups is 1. The monoisotopic (exact) mass is 478 g/mol. The van der Waals surface area contributed by atoms with E-state index in [0.717, 1.165) is 12.8 Å². The van der Waals surface area contributed by atoms with E-state index in [9.17, 15) is 5.11 Å². The summed E-state index contributed by atoms with van der Waals surface area (Å²) in [4.78, 5) is 0. The minimum Gasteiger partial charge on any atom is -0.396 e. The van der Waals surface area contributed by atoms with E-state index in [4.69, 9.17) is 0 Å². The first kappa shape index (κ1) is 24.4. The van der Waals surface area contributed by atoms with Gasteiger partial charge in [0.2, 0.25) is 0 Å². The molecule has 0 saturated carbocycles. The van der Waals surface area contributed by atoms with E-state index < -0.39 is 0 Å². The fraction of sp³-hybridized carbons (Fsp3) is 0.304. The van der Waals surface area contributed by atoms with Gasteiger partial charge in [-0.2, -0.15) is 0 Å². The second-order valence-electron chi connectivity index (χ2n) is 6.99. The van der Waals surface area contributed by atoms with Crippen LogP contribution in [0.25, 0.3) is 12.2 Å². The molecule has 2 atom stereocenters.